The summed E-state index contributed by atoms with van der Waals surface area (Å²) >= 11 is 0. The standard InChI is InChI=1S/C17H24N2O3/c20-17(18-12-16-2-1-9-22-16)15-5-3-14(4-6-15)13-19-7-10-21-11-8-19/h3-6,16H,1-2,7-13H2,(H,18,20). The van der Waals surface area contributed by atoms with Crippen LogP contribution in [-0.4, -0.2) is 56.4 Å². The summed E-state index contributed by atoms with van der Waals surface area (Å²) in [5.74, 6) is -0.0200. The molecular weight excluding hydrogens is 280 g/mol. The Morgan fingerprint density at radius 1 is 1.18 bits per heavy atom. The number of ether oxygens (including phenoxy) is 2. The number of hydrogen-bond acceptors (Lipinski definition) is 4. The van der Waals surface area contributed by atoms with Crippen molar-refractivity contribution in [2.24, 2.45) is 0 Å². The second-order valence-electron chi connectivity index (χ2n) is 5.93. The van der Waals surface area contributed by atoms with E-state index in [0.717, 1.165) is 52.3 Å². The lowest BCUT2D eigenvalue weighted by atomic mass is 10.1. The van der Waals surface area contributed by atoms with E-state index in [0.29, 0.717) is 12.1 Å². The van der Waals surface area contributed by atoms with Gasteiger partial charge < -0.3 is 14.8 Å². The van der Waals surface area contributed by atoms with Gasteiger partial charge in [-0.25, -0.2) is 0 Å². The summed E-state index contributed by atoms with van der Waals surface area (Å²) in [6.07, 6.45) is 2.32. The Morgan fingerprint density at radius 3 is 2.64 bits per heavy atom. The molecule has 5 nitrogen and oxygen atoms in total. The van der Waals surface area contributed by atoms with Crippen LogP contribution in [-0.2, 0) is 16.0 Å². The van der Waals surface area contributed by atoms with Crippen LogP contribution in [0.4, 0.5) is 0 Å². The quantitative estimate of drug-likeness (QED) is 0.894. The molecule has 0 spiro atoms. The maximum Gasteiger partial charge on any atom is 0.251 e. The third-order valence-corrected chi connectivity index (χ3v) is 4.24. The van der Waals surface area contributed by atoms with Gasteiger partial charge in [0.25, 0.3) is 5.91 Å². The fourth-order valence-corrected chi connectivity index (χ4v) is 2.89. The van der Waals surface area contributed by atoms with Crippen molar-refractivity contribution >= 4 is 5.91 Å². The lowest BCUT2D eigenvalue weighted by Crippen LogP contribution is -2.35. The first-order valence-corrected chi connectivity index (χ1v) is 8.10. The van der Waals surface area contributed by atoms with Crippen molar-refractivity contribution in [1.29, 1.82) is 0 Å². The lowest BCUT2D eigenvalue weighted by Gasteiger charge is -2.26. The van der Waals surface area contributed by atoms with Gasteiger partial charge in [-0.3, -0.25) is 9.69 Å². The molecule has 2 fully saturated rings. The average molecular weight is 304 g/mol. The Bertz CT molecular complexity index is 477. The van der Waals surface area contributed by atoms with Crippen LogP contribution in [0.5, 0.6) is 0 Å². The second-order valence-corrected chi connectivity index (χ2v) is 5.93. The fraction of sp³-hybridized carbons (Fsp3) is 0.588. The molecule has 1 aromatic carbocycles. The predicted molar refractivity (Wildman–Crippen MR) is 83.8 cm³/mol. The zero-order valence-corrected chi connectivity index (χ0v) is 12.9. The topological polar surface area (TPSA) is 50.8 Å². The molecule has 0 radical (unpaired) electrons. The Kier molecular flexibility index (Phi) is 5.43. The Labute approximate surface area is 131 Å². The van der Waals surface area contributed by atoms with E-state index < -0.39 is 0 Å². The Hall–Kier alpha value is -1.43. The number of nitrogens with one attached hydrogen (secondary N) is 1. The fourth-order valence-electron chi connectivity index (χ4n) is 2.89. The first-order valence-electron chi connectivity index (χ1n) is 8.10. The maximum atomic E-state index is 12.1. The summed E-state index contributed by atoms with van der Waals surface area (Å²) in [7, 11) is 0. The summed E-state index contributed by atoms with van der Waals surface area (Å²) in [6.45, 7) is 5.91. The number of carbonyl (C=O) groups is 1. The van der Waals surface area contributed by atoms with Gasteiger partial charge in [0.1, 0.15) is 0 Å². The highest BCUT2D eigenvalue weighted by Gasteiger charge is 2.16. The van der Waals surface area contributed by atoms with Crippen molar-refractivity contribution in [1.82, 2.24) is 10.2 Å². The van der Waals surface area contributed by atoms with Crippen molar-refractivity contribution in [3.8, 4) is 0 Å². The van der Waals surface area contributed by atoms with Gasteiger partial charge in [-0.05, 0) is 30.5 Å². The Morgan fingerprint density at radius 2 is 1.95 bits per heavy atom. The van der Waals surface area contributed by atoms with E-state index in [9.17, 15) is 4.79 Å². The van der Waals surface area contributed by atoms with Crippen molar-refractivity contribution < 1.29 is 14.3 Å². The molecular formula is C17H24N2O3. The molecule has 2 saturated heterocycles. The summed E-state index contributed by atoms with van der Waals surface area (Å²) in [5, 5.41) is 2.95. The molecule has 0 bridgehead atoms. The third kappa shape index (κ3) is 4.29. The number of nitrogens with zero attached hydrogens (tertiary/aromatic N) is 1. The van der Waals surface area contributed by atoms with Gasteiger partial charge in [-0.15, -0.1) is 0 Å². The number of morpholine rings is 1. The first-order chi connectivity index (χ1) is 10.8. The highest BCUT2D eigenvalue weighted by atomic mass is 16.5. The average Bonchev–Trinajstić information content (AvgIpc) is 3.08. The van der Waals surface area contributed by atoms with Gasteiger partial charge in [0.05, 0.1) is 19.3 Å². The van der Waals surface area contributed by atoms with Crippen LogP contribution in [0.25, 0.3) is 0 Å². The molecule has 3 rings (SSSR count). The number of hydrogen-bond donors (Lipinski definition) is 1. The smallest absolute Gasteiger partial charge is 0.251 e. The monoisotopic (exact) mass is 304 g/mol. The van der Waals surface area contributed by atoms with Crippen molar-refractivity contribution in [3.63, 3.8) is 0 Å². The highest BCUT2D eigenvalue weighted by Crippen LogP contribution is 2.12. The highest BCUT2D eigenvalue weighted by molar-refractivity contribution is 5.94. The van der Waals surface area contributed by atoms with E-state index in [1.54, 1.807) is 0 Å². The third-order valence-electron chi connectivity index (χ3n) is 4.24. The van der Waals surface area contributed by atoms with Crippen LogP contribution in [0.2, 0.25) is 0 Å². The summed E-state index contributed by atoms with van der Waals surface area (Å²) < 4.78 is 10.9. The van der Waals surface area contributed by atoms with E-state index in [-0.39, 0.29) is 12.0 Å². The zero-order chi connectivity index (χ0) is 15.2. The molecule has 1 atom stereocenters. The molecule has 0 saturated carbocycles. The SMILES string of the molecule is O=C(NCC1CCCO1)c1ccc(CN2CCOCC2)cc1. The largest absolute Gasteiger partial charge is 0.379 e. The molecule has 2 aliphatic rings. The van der Waals surface area contributed by atoms with Crippen molar-refractivity contribution in [2.75, 3.05) is 39.5 Å². The van der Waals surface area contributed by atoms with E-state index in [2.05, 4.69) is 10.2 Å². The normalized spacial score (nSPS) is 22.6. The van der Waals surface area contributed by atoms with Gasteiger partial charge in [0.2, 0.25) is 0 Å². The predicted octanol–water partition coefficient (Wildman–Crippen LogP) is 1.43. The van der Waals surface area contributed by atoms with Gasteiger partial charge >= 0.3 is 0 Å². The van der Waals surface area contributed by atoms with Gasteiger partial charge in [-0.1, -0.05) is 12.1 Å². The second kappa shape index (κ2) is 7.72. The Balaban J connectivity index is 1.48. The molecule has 1 unspecified atom stereocenters. The van der Waals surface area contributed by atoms with Gasteiger partial charge in [0.15, 0.2) is 0 Å². The number of carbonyl (C=O) groups excluding carboxylic acids is 1. The molecule has 120 valence electrons. The lowest BCUT2D eigenvalue weighted by molar-refractivity contribution is 0.0342. The number of rotatable bonds is 5. The maximum absolute atomic E-state index is 12.1. The van der Waals surface area contributed by atoms with E-state index in [1.165, 1.54) is 5.56 Å². The van der Waals surface area contributed by atoms with Crippen LogP contribution < -0.4 is 5.32 Å². The van der Waals surface area contributed by atoms with Crippen LogP contribution >= 0.6 is 0 Å². The molecule has 2 aliphatic heterocycles. The minimum absolute atomic E-state index is 0.0200. The zero-order valence-electron chi connectivity index (χ0n) is 12.9. The van der Waals surface area contributed by atoms with Crippen LogP contribution in [0.1, 0.15) is 28.8 Å². The van der Waals surface area contributed by atoms with Crippen LogP contribution in [0.3, 0.4) is 0 Å². The number of benzene rings is 1. The number of amides is 1. The van der Waals surface area contributed by atoms with Gasteiger partial charge in [0, 0.05) is 38.3 Å². The molecule has 2 heterocycles. The summed E-state index contributed by atoms with van der Waals surface area (Å²) in [4.78, 5) is 14.5. The molecule has 0 aromatic heterocycles. The van der Waals surface area contributed by atoms with E-state index >= 15 is 0 Å². The van der Waals surface area contributed by atoms with Gasteiger partial charge in [-0.2, -0.15) is 0 Å². The molecule has 1 aromatic rings. The minimum Gasteiger partial charge on any atom is -0.379 e. The molecule has 5 heteroatoms. The summed E-state index contributed by atoms with van der Waals surface area (Å²) in [5.41, 5.74) is 1.95. The molecule has 1 N–H and O–H groups in total. The van der Waals surface area contributed by atoms with Crippen molar-refractivity contribution in [2.45, 2.75) is 25.5 Å². The molecule has 1 amide bonds. The van der Waals surface area contributed by atoms with Crippen LogP contribution in [0, 0.1) is 0 Å². The first kappa shape index (κ1) is 15.5. The van der Waals surface area contributed by atoms with E-state index in [1.807, 2.05) is 24.3 Å². The molecule has 0 aliphatic carbocycles. The van der Waals surface area contributed by atoms with Crippen molar-refractivity contribution in [3.05, 3.63) is 35.4 Å². The molecule has 22 heavy (non-hydrogen) atoms. The van der Waals surface area contributed by atoms with E-state index in [4.69, 9.17) is 9.47 Å². The summed E-state index contributed by atoms with van der Waals surface area (Å²) in [6, 6.07) is 7.88. The van der Waals surface area contributed by atoms with Crippen LogP contribution in [0.15, 0.2) is 24.3 Å². The minimum atomic E-state index is -0.0200.